The molecular weight excluding hydrogens is 854 g/mol. The molecule has 0 fully saturated rings. The van der Waals surface area contributed by atoms with Gasteiger partial charge in [-0.15, -0.1) is 0 Å². The van der Waals surface area contributed by atoms with E-state index in [9.17, 15) is 16.8 Å². The van der Waals surface area contributed by atoms with Crippen LogP contribution >= 0.6 is 46.4 Å². The fraction of sp³-hybridized carbons (Fsp3) is 0.400. The van der Waals surface area contributed by atoms with Crippen molar-refractivity contribution < 1.29 is 31.0 Å². The summed E-state index contributed by atoms with van der Waals surface area (Å²) >= 11 is 25.7. The molecular formula is C40H46Cl4N4O7S2. The second-order valence-electron chi connectivity index (χ2n) is 14.2. The van der Waals surface area contributed by atoms with Crippen molar-refractivity contribution in [2.75, 3.05) is 79.9 Å². The highest BCUT2D eigenvalue weighted by atomic mass is 35.5. The molecule has 4 aromatic rings. The van der Waals surface area contributed by atoms with Crippen LogP contribution in [0.15, 0.2) is 82.6 Å². The maximum atomic E-state index is 13.1. The summed E-state index contributed by atoms with van der Waals surface area (Å²) in [6.07, 6.45) is 0. The Bertz CT molecular complexity index is 2110. The van der Waals surface area contributed by atoms with Gasteiger partial charge in [0.15, 0.2) is 0 Å². The van der Waals surface area contributed by atoms with Crippen LogP contribution in [0.1, 0.15) is 45.2 Å². The number of halogens is 4. The summed E-state index contributed by atoms with van der Waals surface area (Å²) in [4.78, 5) is 4.64. The molecule has 308 valence electrons. The fourth-order valence-electron chi connectivity index (χ4n) is 7.26. The highest BCUT2D eigenvalue weighted by molar-refractivity contribution is 7.89. The molecule has 0 amide bonds. The van der Waals surface area contributed by atoms with E-state index in [1.54, 1.807) is 48.5 Å². The van der Waals surface area contributed by atoms with Crippen LogP contribution < -0.4 is 9.44 Å². The third kappa shape index (κ3) is 11.5. The standard InChI is InChI=1S/C40H46Cl4N4O7S2/c1-47-23-35(33-19-29(41)21-39(43)37(33)25-47)27-5-3-7-31(17-27)56(49,50)45-9-11-53-13-15-55-16-14-54-12-10-46-57(51,52)32-8-4-6-28(18-32)36-24-48(2)26-38-34(36)20-30(42)22-40(38)44/h3-8,17-22,35-36,45-46H,9-16,23-26H2,1-2H3. The van der Waals surface area contributed by atoms with E-state index >= 15 is 0 Å². The van der Waals surface area contributed by atoms with Crippen molar-refractivity contribution >= 4 is 66.5 Å². The highest BCUT2D eigenvalue weighted by Crippen LogP contribution is 2.40. The minimum atomic E-state index is -3.78. The third-order valence-corrected chi connectivity index (χ3v) is 14.0. The first-order chi connectivity index (χ1) is 27.2. The van der Waals surface area contributed by atoms with Crippen molar-refractivity contribution in [1.82, 2.24) is 19.2 Å². The molecule has 0 spiro atoms. The van der Waals surface area contributed by atoms with E-state index in [0.29, 0.717) is 46.3 Å². The van der Waals surface area contributed by atoms with Gasteiger partial charge in [-0.25, -0.2) is 26.3 Å². The molecule has 17 heteroatoms. The number of nitrogens with zero attached hydrogens (tertiary/aromatic N) is 2. The molecule has 6 rings (SSSR count). The van der Waals surface area contributed by atoms with Gasteiger partial charge in [-0.3, -0.25) is 0 Å². The maximum Gasteiger partial charge on any atom is 0.240 e. The minimum Gasteiger partial charge on any atom is -0.378 e. The average Bonchev–Trinajstić information content (AvgIpc) is 3.17. The first-order valence-corrected chi connectivity index (χ1v) is 22.9. The van der Waals surface area contributed by atoms with Crippen LogP contribution in [0.2, 0.25) is 20.1 Å². The summed E-state index contributed by atoms with van der Waals surface area (Å²) < 4.78 is 74.4. The summed E-state index contributed by atoms with van der Waals surface area (Å²) in [5.74, 6) is -0.173. The van der Waals surface area contributed by atoms with Crippen LogP contribution in [-0.4, -0.2) is 107 Å². The lowest BCUT2D eigenvalue weighted by Gasteiger charge is -2.33. The van der Waals surface area contributed by atoms with E-state index in [1.807, 2.05) is 38.4 Å². The summed E-state index contributed by atoms with van der Waals surface area (Å²) in [7, 11) is -3.56. The minimum absolute atomic E-state index is 0.0865. The molecule has 11 nitrogen and oxygen atoms in total. The first kappa shape index (κ1) is 44.2. The van der Waals surface area contributed by atoms with Gasteiger partial charge in [-0.2, -0.15) is 0 Å². The predicted octanol–water partition coefficient (Wildman–Crippen LogP) is 6.76. The van der Waals surface area contributed by atoms with Crippen LogP contribution in [0.25, 0.3) is 0 Å². The van der Waals surface area contributed by atoms with Crippen molar-refractivity contribution in [3.8, 4) is 0 Å². The van der Waals surface area contributed by atoms with Crippen molar-refractivity contribution in [3.63, 3.8) is 0 Å². The number of likely N-dealkylation sites (N-methyl/N-ethyl adjacent to an activating group) is 2. The second-order valence-corrected chi connectivity index (χ2v) is 19.4. The molecule has 57 heavy (non-hydrogen) atoms. The zero-order valence-electron chi connectivity index (χ0n) is 31.6. The van der Waals surface area contributed by atoms with Gasteiger partial charge in [0.1, 0.15) is 0 Å². The van der Waals surface area contributed by atoms with Crippen molar-refractivity contribution in [2.45, 2.75) is 34.7 Å². The van der Waals surface area contributed by atoms with Gasteiger partial charge in [-0.05, 0) is 96.0 Å². The smallest absolute Gasteiger partial charge is 0.240 e. The molecule has 0 saturated carbocycles. The lowest BCUT2D eigenvalue weighted by Crippen LogP contribution is -2.31. The molecule has 0 aromatic heterocycles. The van der Waals surface area contributed by atoms with Gasteiger partial charge < -0.3 is 24.0 Å². The molecule has 2 aliphatic rings. The van der Waals surface area contributed by atoms with Crippen molar-refractivity contribution in [3.05, 3.63) is 126 Å². The van der Waals surface area contributed by atoms with E-state index in [2.05, 4.69) is 19.2 Å². The molecule has 2 unspecified atom stereocenters. The van der Waals surface area contributed by atoms with Crippen LogP contribution in [0, 0.1) is 0 Å². The number of sulfonamides is 2. The summed E-state index contributed by atoms with van der Waals surface area (Å²) in [6, 6.07) is 21.1. The van der Waals surface area contributed by atoms with Crippen molar-refractivity contribution in [1.29, 1.82) is 0 Å². The maximum absolute atomic E-state index is 13.1. The van der Waals surface area contributed by atoms with E-state index in [0.717, 1.165) is 33.4 Å². The van der Waals surface area contributed by atoms with Crippen LogP contribution in [0.5, 0.6) is 0 Å². The van der Waals surface area contributed by atoms with Gasteiger partial charge in [0.2, 0.25) is 20.0 Å². The third-order valence-electron chi connectivity index (χ3n) is 9.95. The molecule has 2 aliphatic heterocycles. The van der Waals surface area contributed by atoms with E-state index in [-0.39, 0.29) is 74.4 Å². The predicted molar refractivity (Wildman–Crippen MR) is 225 cm³/mol. The zero-order chi connectivity index (χ0) is 40.7. The number of fused-ring (bicyclic) bond motifs is 2. The van der Waals surface area contributed by atoms with Gasteiger partial charge in [-0.1, -0.05) is 70.7 Å². The highest BCUT2D eigenvalue weighted by Gasteiger charge is 2.30. The molecule has 2 N–H and O–H groups in total. The Morgan fingerprint density at radius 3 is 1.37 bits per heavy atom. The molecule has 4 aromatic carbocycles. The number of benzene rings is 4. The Morgan fingerprint density at radius 1 is 0.579 bits per heavy atom. The van der Waals surface area contributed by atoms with E-state index in [4.69, 9.17) is 60.6 Å². The van der Waals surface area contributed by atoms with Gasteiger partial charge >= 0.3 is 0 Å². The quantitative estimate of drug-likeness (QED) is 0.104. The van der Waals surface area contributed by atoms with Gasteiger partial charge in [0, 0.05) is 71.2 Å². The molecule has 0 saturated heterocycles. The Balaban J connectivity index is 0.863. The topological polar surface area (TPSA) is 127 Å². The molecule has 2 heterocycles. The van der Waals surface area contributed by atoms with Crippen LogP contribution in [0.4, 0.5) is 0 Å². The zero-order valence-corrected chi connectivity index (χ0v) is 36.3. The van der Waals surface area contributed by atoms with E-state index < -0.39 is 20.0 Å². The SMILES string of the molecule is CN1Cc2c(Cl)cc(Cl)cc2C(c2cccc(S(=O)(=O)NCCOCCOCCOCCNS(=O)(=O)c3cccc(C4CN(C)Cc5c(Cl)cc(Cl)cc54)c3)c2)C1. The Morgan fingerprint density at radius 2 is 0.965 bits per heavy atom. The summed E-state index contributed by atoms with van der Waals surface area (Å²) in [5, 5.41) is 2.29. The largest absolute Gasteiger partial charge is 0.378 e. The Kier molecular flexibility index (Phi) is 15.4. The molecule has 0 bridgehead atoms. The molecule has 0 radical (unpaired) electrons. The number of nitrogens with one attached hydrogen (secondary N) is 2. The lowest BCUT2D eigenvalue weighted by molar-refractivity contribution is 0.0167. The normalized spacial score (nSPS) is 17.7. The van der Waals surface area contributed by atoms with Gasteiger partial charge in [0.05, 0.1) is 49.4 Å². The first-order valence-electron chi connectivity index (χ1n) is 18.5. The summed E-state index contributed by atoms with van der Waals surface area (Å²) in [6.45, 7) is 4.36. The van der Waals surface area contributed by atoms with Crippen LogP contribution in [0.3, 0.4) is 0 Å². The molecule has 2 atom stereocenters. The van der Waals surface area contributed by atoms with E-state index in [1.165, 1.54) is 0 Å². The van der Waals surface area contributed by atoms with Gasteiger partial charge in [0.25, 0.3) is 0 Å². The fourth-order valence-corrected chi connectivity index (χ4v) is 10.5. The van der Waals surface area contributed by atoms with Crippen molar-refractivity contribution in [2.24, 2.45) is 0 Å². The number of ether oxygens (including phenoxy) is 3. The Labute approximate surface area is 355 Å². The number of hydrogen-bond acceptors (Lipinski definition) is 9. The number of hydrogen-bond donors (Lipinski definition) is 2. The monoisotopic (exact) mass is 898 g/mol. The summed E-state index contributed by atoms with van der Waals surface area (Å²) in [5.41, 5.74) is 5.71. The van der Waals surface area contributed by atoms with Crippen LogP contribution in [-0.2, 0) is 47.3 Å². The molecule has 0 aliphatic carbocycles. The lowest BCUT2D eigenvalue weighted by atomic mass is 9.85. The Hall–Kier alpha value is -2.34. The number of rotatable bonds is 18. The average molecular weight is 901 g/mol. The second kappa shape index (κ2) is 19.8.